The molecule has 1 aromatic carbocycles. The first-order valence-corrected chi connectivity index (χ1v) is 8.65. The van der Waals surface area contributed by atoms with Crippen molar-refractivity contribution in [2.75, 3.05) is 5.32 Å². The summed E-state index contributed by atoms with van der Waals surface area (Å²) in [4.78, 5) is 28.6. The predicted octanol–water partition coefficient (Wildman–Crippen LogP) is 4.41. The van der Waals surface area contributed by atoms with Gasteiger partial charge in [0.2, 0.25) is 5.91 Å². The largest absolute Gasteiger partial charge is 0.346 e. The van der Waals surface area contributed by atoms with E-state index in [0.717, 1.165) is 0 Å². The summed E-state index contributed by atoms with van der Waals surface area (Å²) in [6.07, 6.45) is -2.57. The fourth-order valence-electron chi connectivity index (χ4n) is 2.46. The zero-order chi connectivity index (χ0) is 20.1. The molecule has 2 amide bonds. The molecule has 144 valence electrons. The normalized spacial score (nSPS) is 12.1. The fourth-order valence-corrected chi connectivity index (χ4v) is 2.46. The SMILES string of the molecule is Cc1cc(C(=O)NC(C)c2cccc(C(F)F)c2)cc(NC(=O)C(C)C)n1. The third-order valence-electron chi connectivity index (χ3n) is 4.00. The number of benzene rings is 1. The second kappa shape index (κ2) is 8.70. The number of amides is 2. The quantitative estimate of drug-likeness (QED) is 0.785. The second-order valence-electron chi connectivity index (χ2n) is 6.69. The summed E-state index contributed by atoms with van der Waals surface area (Å²) < 4.78 is 25.7. The van der Waals surface area contributed by atoms with Crippen molar-refractivity contribution in [1.29, 1.82) is 0 Å². The smallest absolute Gasteiger partial charge is 0.263 e. The van der Waals surface area contributed by atoms with Gasteiger partial charge in [0.1, 0.15) is 5.82 Å². The summed E-state index contributed by atoms with van der Waals surface area (Å²) >= 11 is 0. The second-order valence-corrected chi connectivity index (χ2v) is 6.69. The molecular formula is C20H23F2N3O2. The molecule has 1 aromatic heterocycles. The van der Waals surface area contributed by atoms with Gasteiger partial charge in [-0.25, -0.2) is 13.8 Å². The lowest BCUT2D eigenvalue weighted by Crippen LogP contribution is -2.27. The Morgan fingerprint density at radius 2 is 1.70 bits per heavy atom. The van der Waals surface area contributed by atoms with Crippen molar-refractivity contribution < 1.29 is 18.4 Å². The molecular weight excluding hydrogens is 352 g/mol. The highest BCUT2D eigenvalue weighted by molar-refractivity contribution is 5.97. The van der Waals surface area contributed by atoms with Crippen LogP contribution in [0.3, 0.4) is 0 Å². The van der Waals surface area contributed by atoms with Crippen LogP contribution >= 0.6 is 0 Å². The monoisotopic (exact) mass is 375 g/mol. The number of carbonyl (C=O) groups excluding carboxylic acids is 2. The Bertz CT molecular complexity index is 838. The molecule has 0 bridgehead atoms. The highest BCUT2D eigenvalue weighted by Crippen LogP contribution is 2.23. The first-order chi connectivity index (χ1) is 12.7. The number of alkyl halides is 2. The minimum Gasteiger partial charge on any atom is -0.346 e. The summed E-state index contributed by atoms with van der Waals surface area (Å²) in [5, 5.41) is 5.45. The van der Waals surface area contributed by atoms with Crippen molar-refractivity contribution in [1.82, 2.24) is 10.3 Å². The van der Waals surface area contributed by atoms with Gasteiger partial charge in [0, 0.05) is 22.7 Å². The Morgan fingerprint density at radius 1 is 1.04 bits per heavy atom. The van der Waals surface area contributed by atoms with Crippen molar-refractivity contribution >= 4 is 17.6 Å². The molecule has 0 saturated heterocycles. The minimum absolute atomic E-state index is 0.0907. The maximum Gasteiger partial charge on any atom is 0.263 e. The number of aromatic nitrogens is 1. The van der Waals surface area contributed by atoms with Crippen LogP contribution in [-0.4, -0.2) is 16.8 Å². The van der Waals surface area contributed by atoms with Gasteiger partial charge in [-0.2, -0.15) is 0 Å². The van der Waals surface area contributed by atoms with Crippen molar-refractivity contribution in [2.24, 2.45) is 5.92 Å². The average molecular weight is 375 g/mol. The van der Waals surface area contributed by atoms with E-state index in [1.807, 2.05) is 0 Å². The van der Waals surface area contributed by atoms with Crippen LogP contribution in [0, 0.1) is 12.8 Å². The summed E-state index contributed by atoms with van der Waals surface area (Å²) in [7, 11) is 0. The van der Waals surface area contributed by atoms with Crippen LogP contribution in [-0.2, 0) is 4.79 Å². The Labute approximate surface area is 157 Å². The van der Waals surface area contributed by atoms with Crippen molar-refractivity contribution in [2.45, 2.75) is 40.2 Å². The maximum absolute atomic E-state index is 12.9. The number of nitrogens with zero attached hydrogens (tertiary/aromatic N) is 1. The molecule has 27 heavy (non-hydrogen) atoms. The van der Waals surface area contributed by atoms with Crippen LogP contribution in [0.25, 0.3) is 0 Å². The third kappa shape index (κ3) is 5.57. The molecule has 1 unspecified atom stereocenters. The van der Waals surface area contributed by atoms with Crippen molar-refractivity contribution in [3.05, 3.63) is 58.8 Å². The van der Waals surface area contributed by atoms with E-state index in [1.54, 1.807) is 39.8 Å². The highest BCUT2D eigenvalue weighted by atomic mass is 19.3. The van der Waals surface area contributed by atoms with Crippen LogP contribution in [0.2, 0.25) is 0 Å². The first kappa shape index (κ1) is 20.5. The molecule has 0 fully saturated rings. The van der Waals surface area contributed by atoms with Gasteiger partial charge in [0.05, 0.1) is 6.04 Å². The number of carbonyl (C=O) groups is 2. The topological polar surface area (TPSA) is 71.1 Å². The van der Waals surface area contributed by atoms with E-state index in [1.165, 1.54) is 24.3 Å². The molecule has 5 nitrogen and oxygen atoms in total. The summed E-state index contributed by atoms with van der Waals surface area (Å²) in [6, 6.07) is 8.57. The Morgan fingerprint density at radius 3 is 2.33 bits per heavy atom. The molecule has 0 spiro atoms. The molecule has 0 radical (unpaired) electrons. The van der Waals surface area contributed by atoms with Crippen LogP contribution in [0.1, 0.15) is 60.4 Å². The maximum atomic E-state index is 12.9. The minimum atomic E-state index is -2.57. The van der Waals surface area contributed by atoms with E-state index in [2.05, 4.69) is 15.6 Å². The Hall–Kier alpha value is -2.83. The van der Waals surface area contributed by atoms with E-state index in [-0.39, 0.29) is 23.3 Å². The number of hydrogen-bond acceptors (Lipinski definition) is 3. The predicted molar refractivity (Wildman–Crippen MR) is 99.7 cm³/mol. The standard InChI is InChI=1S/C20H23F2N3O2/c1-11(2)19(26)25-17-10-16(8-12(3)23-17)20(27)24-13(4)14-6-5-7-15(9-14)18(21)22/h5-11,13,18H,1-4H3,(H,24,27)(H,23,25,26). The van der Waals surface area contributed by atoms with Gasteiger partial charge in [0.15, 0.2) is 0 Å². The molecule has 0 aliphatic carbocycles. The van der Waals surface area contributed by atoms with Gasteiger partial charge in [-0.15, -0.1) is 0 Å². The average Bonchev–Trinajstić information content (AvgIpc) is 2.61. The number of hydrogen-bond donors (Lipinski definition) is 2. The van der Waals surface area contributed by atoms with E-state index in [4.69, 9.17) is 0 Å². The number of aryl methyl sites for hydroxylation is 1. The number of rotatable bonds is 6. The summed E-state index contributed by atoms with van der Waals surface area (Å²) in [5.41, 5.74) is 1.40. The van der Waals surface area contributed by atoms with Crippen molar-refractivity contribution in [3.8, 4) is 0 Å². The summed E-state index contributed by atoms with van der Waals surface area (Å²) in [5.74, 6) is -0.495. The van der Waals surface area contributed by atoms with E-state index in [9.17, 15) is 18.4 Å². The molecule has 0 aliphatic rings. The molecule has 2 rings (SSSR count). The Kier molecular flexibility index (Phi) is 6.60. The van der Waals surface area contributed by atoms with Crippen LogP contribution in [0.15, 0.2) is 36.4 Å². The lowest BCUT2D eigenvalue weighted by molar-refractivity contribution is -0.118. The third-order valence-corrected chi connectivity index (χ3v) is 4.00. The van der Waals surface area contributed by atoms with Crippen LogP contribution in [0.5, 0.6) is 0 Å². The fraction of sp³-hybridized carbons (Fsp3) is 0.350. The van der Waals surface area contributed by atoms with Gasteiger partial charge in [-0.3, -0.25) is 9.59 Å². The van der Waals surface area contributed by atoms with Gasteiger partial charge >= 0.3 is 0 Å². The van der Waals surface area contributed by atoms with Crippen molar-refractivity contribution in [3.63, 3.8) is 0 Å². The van der Waals surface area contributed by atoms with Gasteiger partial charge in [0.25, 0.3) is 12.3 Å². The number of pyridine rings is 1. The lowest BCUT2D eigenvalue weighted by Gasteiger charge is -2.16. The molecule has 0 saturated carbocycles. The van der Waals surface area contributed by atoms with E-state index >= 15 is 0 Å². The van der Waals surface area contributed by atoms with E-state index in [0.29, 0.717) is 22.6 Å². The van der Waals surface area contributed by atoms with Crippen LogP contribution in [0.4, 0.5) is 14.6 Å². The Balaban J connectivity index is 2.16. The van der Waals surface area contributed by atoms with Gasteiger partial charge in [-0.05, 0) is 37.6 Å². The zero-order valence-corrected chi connectivity index (χ0v) is 15.7. The van der Waals surface area contributed by atoms with Gasteiger partial charge < -0.3 is 10.6 Å². The number of halogens is 2. The lowest BCUT2D eigenvalue weighted by atomic mass is 10.0. The number of anilines is 1. The van der Waals surface area contributed by atoms with Gasteiger partial charge in [-0.1, -0.05) is 32.0 Å². The molecule has 2 N–H and O–H groups in total. The highest BCUT2D eigenvalue weighted by Gasteiger charge is 2.16. The number of nitrogens with one attached hydrogen (secondary N) is 2. The summed E-state index contributed by atoms with van der Waals surface area (Å²) in [6.45, 7) is 6.96. The van der Waals surface area contributed by atoms with E-state index < -0.39 is 12.5 Å². The molecule has 0 aliphatic heterocycles. The zero-order valence-electron chi connectivity index (χ0n) is 15.7. The first-order valence-electron chi connectivity index (χ1n) is 8.65. The molecule has 2 aromatic rings. The molecule has 1 atom stereocenters. The van der Waals surface area contributed by atoms with Crippen LogP contribution < -0.4 is 10.6 Å². The molecule has 7 heteroatoms. The molecule has 1 heterocycles.